The van der Waals surface area contributed by atoms with E-state index in [1.807, 2.05) is 0 Å². The van der Waals surface area contributed by atoms with Crippen molar-refractivity contribution in [1.29, 1.82) is 0 Å². The summed E-state index contributed by atoms with van der Waals surface area (Å²) < 4.78 is 31.6. The molecule has 0 radical (unpaired) electrons. The van der Waals surface area contributed by atoms with Crippen molar-refractivity contribution in [1.82, 2.24) is 19.5 Å². The molecule has 0 amide bonds. The molecule has 2 aromatic heterocycles. The first kappa shape index (κ1) is 19.7. The summed E-state index contributed by atoms with van der Waals surface area (Å²) in [5.74, 6) is 1.94. The third kappa shape index (κ3) is 3.67. The lowest BCUT2D eigenvalue weighted by Gasteiger charge is -2.14. The second kappa shape index (κ2) is 8.03. The third-order valence-corrected chi connectivity index (χ3v) is 4.58. The van der Waals surface area contributed by atoms with Gasteiger partial charge in [-0.15, -0.1) is 0 Å². The number of halogens is 2. The Morgan fingerprint density at radius 3 is 2.40 bits per heavy atom. The summed E-state index contributed by atoms with van der Waals surface area (Å²) in [6.45, 7) is 0. The Morgan fingerprint density at radius 2 is 1.73 bits per heavy atom. The number of benzene rings is 2. The molecule has 0 saturated heterocycles. The lowest BCUT2D eigenvalue weighted by Crippen LogP contribution is -1.99. The molecular formula is C20H17ClFN5O3. The molecule has 4 aromatic rings. The Morgan fingerprint density at radius 1 is 1.00 bits per heavy atom. The molecule has 2 heterocycles. The minimum atomic E-state index is -0.403. The molecule has 0 spiro atoms. The summed E-state index contributed by atoms with van der Waals surface area (Å²) in [6, 6.07) is 7.77. The van der Waals surface area contributed by atoms with Gasteiger partial charge >= 0.3 is 0 Å². The van der Waals surface area contributed by atoms with Crippen LogP contribution in [0, 0.1) is 5.82 Å². The number of ether oxygens (including phenoxy) is 3. The van der Waals surface area contributed by atoms with Gasteiger partial charge in [0.25, 0.3) is 0 Å². The van der Waals surface area contributed by atoms with Crippen molar-refractivity contribution in [3.63, 3.8) is 0 Å². The minimum absolute atomic E-state index is 0.0423. The van der Waals surface area contributed by atoms with Gasteiger partial charge in [0.2, 0.25) is 11.0 Å². The number of nitrogens with zero attached hydrogens (tertiary/aromatic N) is 4. The van der Waals surface area contributed by atoms with Gasteiger partial charge in [0, 0.05) is 17.5 Å². The van der Waals surface area contributed by atoms with E-state index in [9.17, 15) is 4.39 Å². The van der Waals surface area contributed by atoms with Crippen molar-refractivity contribution in [2.75, 3.05) is 26.6 Å². The van der Waals surface area contributed by atoms with Crippen molar-refractivity contribution < 1.29 is 18.6 Å². The number of aromatic nitrogens is 4. The number of hydrogen-bond donors (Lipinski definition) is 1. The Hall–Kier alpha value is -3.59. The van der Waals surface area contributed by atoms with Crippen molar-refractivity contribution in [3.8, 4) is 22.9 Å². The van der Waals surface area contributed by atoms with Crippen LogP contribution in [0.5, 0.6) is 17.2 Å². The van der Waals surface area contributed by atoms with Crippen molar-refractivity contribution in [2.24, 2.45) is 0 Å². The van der Waals surface area contributed by atoms with E-state index >= 15 is 0 Å². The van der Waals surface area contributed by atoms with Crippen molar-refractivity contribution in [3.05, 3.63) is 54.0 Å². The molecule has 0 aliphatic carbocycles. The SMILES string of the molecule is COc1cc(-n2cnc(Nc3nc(Cl)nc4ccc(F)cc34)c2)cc(OC)c1OC. The van der Waals surface area contributed by atoms with Gasteiger partial charge in [-0.1, -0.05) is 0 Å². The summed E-state index contributed by atoms with van der Waals surface area (Å²) in [6.07, 6.45) is 3.34. The largest absolute Gasteiger partial charge is 0.493 e. The second-order valence-electron chi connectivity index (χ2n) is 6.18. The molecule has 30 heavy (non-hydrogen) atoms. The first-order valence-corrected chi connectivity index (χ1v) is 9.14. The Balaban J connectivity index is 1.71. The quantitative estimate of drug-likeness (QED) is 0.455. The molecular weight excluding hydrogens is 413 g/mol. The topological polar surface area (TPSA) is 83.3 Å². The van der Waals surface area contributed by atoms with Crippen LogP contribution in [0.4, 0.5) is 16.0 Å². The van der Waals surface area contributed by atoms with Crippen LogP contribution >= 0.6 is 11.6 Å². The fourth-order valence-corrected chi connectivity index (χ4v) is 3.21. The van der Waals surface area contributed by atoms with Crippen LogP contribution < -0.4 is 19.5 Å². The number of imidazole rings is 1. The van der Waals surface area contributed by atoms with Crippen LogP contribution in [0.15, 0.2) is 42.9 Å². The monoisotopic (exact) mass is 429 g/mol. The molecule has 4 rings (SSSR count). The maximum absolute atomic E-state index is 13.7. The summed E-state index contributed by atoms with van der Waals surface area (Å²) >= 11 is 6.01. The number of rotatable bonds is 6. The molecule has 8 nitrogen and oxygen atoms in total. The van der Waals surface area contributed by atoms with Crippen LogP contribution in [0.2, 0.25) is 5.28 Å². The number of nitrogens with one attached hydrogen (secondary N) is 1. The third-order valence-electron chi connectivity index (χ3n) is 4.41. The highest BCUT2D eigenvalue weighted by Crippen LogP contribution is 2.39. The number of methoxy groups -OCH3 is 3. The average molecular weight is 430 g/mol. The van der Waals surface area contributed by atoms with Gasteiger partial charge in [-0.2, -0.15) is 4.98 Å². The predicted octanol–water partition coefficient (Wildman–Crippen LogP) is 4.38. The Kier molecular flexibility index (Phi) is 5.28. The van der Waals surface area contributed by atoms with E-state index in [-0.39, 0.29) is 5.28 Å². The van der Waals surface area contributed by atoms with E-state index in [0.29, 0.717) is 39.8 Å². The van der Waals surface area contributed by atoms with Crippen molar-refractivity contribution >= 4 is 34.1 Å². The summed E-state index contributed by atoms with van der Waals surface area (Å²) in [7, 11) is 4.63. The fourth-order valence-electron chi connectivity index (χ4n) is 3.03. The summed E-state index contributed by atoms with van der Waals surface area (Å²) in [5.41, 5.74) is 1.25. The maximum Gasteiger partial charge on any atom is 0.224 e. The van der Waals surface area contributed by atoms with E-state index in [1.165, 1.54) is 18.2 Å². The zero-order valence-corrected chi connectivity index (χ0v) is 17.1. The molecule has 0 atom stereocenters. The van der Waals surface area contributed by atoms with E-state index in [1.54, 1.807) is 50.6 Å². The van der Waals surface area contributed by atoms with E-state index in [4.69, 9.17) is 25.8 Å². The van der Waals surface area contributed by atoms with Crippen LogP contribution in [0.25, 0.3) is 16.6 Å². The molecule has 1 N–H and O–H groups in total. The highest BCUT2D eigenvalue weighted by Gasteiger charge is 2.15. The van der Waals surface area contributed by atoms with E-state index < -0.39 is 5.82 Å². The van der Waals surface area contributed by atoms with Gasteiger partial charge < -0.3 is 24.1 Å². The molecule has 0 aliphatic rings. The molecule has 2 aromatic carbocycles. The minimum Gasteiger partial charge on any atom is -0.493 e. The first-order valence-electron chi connectivity index (χ1n) is 8.76. The summed E-state index contributed by atoms with van der Waals surface area (Å²) in [5, 5.41) is 3.59. The molecule has 0 aliphatic heterocycles. The summed E-state index contributed by atoms with van der Waals surface area (Å²) in [4.78, 5) is 12.6. The van der Waals surface area contributed by atoms with Crippen LogP contribution in [0.3, 0.4) is 0 Å². The molecule has 10 heteroatoms. The van der Waals surface area contributed by atoms with E-state index in [0.717, 1.165) is 5.69 Å². The standard InChI is InChI=1S/C20H17ClFN5O3/c1-28-15-7-12(8-16(29-2)18(15)30-3)27-9-17(23-10-27)25-19-13-6-11(22)4-5-14(13)24-20(21)26-19/h4-10H,1-3H3,(H,24,25,26). The van der Waals surface area contributed by atoms with Gasteiger partial charge in [-0.05, 0) is 29.8 Å². The zero-order valence-electron chi connectivity index (χ0n) is 16.3. The normalized spacial score (nSPS) is 10.8. The van der Waals surface area contributed by atoms with E-state index in [2.05, 4.69) is 20.3 Å². The number of anilines is 2. The maximum atomic E-state index is 13.7. The Bertz CT molecular complexity index is 1210. The lowest BCUT2D eigenvalue weighted by atomic mass is 10.2. The van der Waals surface area contributed by atoms with Gasteiger partial charge in [0.05, 0.1) is 38.7 Å². The zero-order chi connectivity index (χ0) is 21.3. The molecule has 154 valence electrons. The van der Waals surface area contributed by atoms with Crippen LogP contribution in [-0.2, 0) is 0 Å². The predicted molar refractivity (Wildman–Crippen MR) is 111 cm³/mol. The molecule has 0 saturated carbocycles. The van der Waals surface area contributed by atoms with Gasteiger partial charge in [0.15, 0.2) is 11.5 Å². The molecule has 0 bridgehead atoms. The number of hydrogen-bond acceptors (Lipinski definition) is 7. The lowest BCUT2D eigenvalue weighted by molar-refractivity contribution is 0.324. The van der Waals surface area contributed by atoms with Gasteiger partial charge in [0.1, 0.15) is 23.8 Å². The number of fused-ring (bicyclic) bond motifs is 1. The van der Waals surface area contributed by atoms with Crippen LogP contribution in [0.1, 0.15) is 0 Å². The highest BCUT2D eigenvalue weighted by atomic mass is 35.5. The fraction of sp³-hybridized carbons (Fsp3) is 0.150. The van der Waals surface area contributed by atoms with Gasteiger partial charge in [-0.3, -0.25) is 0 Å². The smallest absolute Gasteiger partial charge is 0.224 e. The molecule has 0 fully saturated rings. The average Bonchev–Trinajstić information content (AvgIpc) is 3.21. The Labute approximate surface area is 176 Å². The second-order valence-corrected chi connectivity index (χ2v) is 6.52. The van der Waals surface area contributed by atoms with Gasteiger partial charge in [-0.25, -0.2) is 14.4 Å². The van der Waals surface area contributed by atoms with Crippen molar-refractivity contribution in [2.45, 2.75) is 0 Å². The first-order chi connectivity index (χ1) is 14.5. The van der Waals surface area contributed by atoms with Crippen LogP contribution in [-0.4, -0.2) is 40.8 Å². The molecule has 0 unspecified atom stereocenters. The highest BCUT2D eigenvalue weighted by molar-refractivity contribution is 6.28.